The minimum Gasteiger partial charge on any atom is -0.449 e. The van der Waals surface area contributed by atoms with E-state index in [4.69, 9.17) is 4.74 Å². The average molecular weight is 275 g/mol. The highest BCUT2D eigenvalue weighted by molar-refractivity contribution is 5.67. The molecule has 1 aromatic carbocycles. The van der Waals surface area contributed by atoms with Crippen LogP contribution >= 0.6 is 0 Å². The first-order chi connectivity index (χ1) is 9.52. The zero-order valence-electron chi connectivity index (χ0n) is 12.7. The molecule has 1 amide bonds. The Hall–Kier alpha value is -1.51. The van der Waals surface area contributed by atoms with Crippen LogP contribution in [0.5, 0.6) is 0 Å². The molecule has 3 nitrogen and oxygen atoms in total. The first-order valence-electron chi connectivity index (χ1n) is 7.51. The molecule has 0 heterocycles. The smallest absolute Gasteiger partial charge is 0.407 e. The van der Waals surface area contributed by atoms with E-state index in [-0.39, 0.29) is 17.6 Å². The van der Waals surface area contributed by atoms with Gasteiger partial charge in [0.15, 0.2) is 0 Å². The van der Waals surface area contributed by atoms with Crippen molar-refractivity contribution in [1.82, 2.24) is 5.32 Å². The second-order valence-corrected chi connectivity index (χ2v) is 6.40. The second-order valence-electron chi connectivity index (χ2n) is 6.40. The molecule has 0 radical (unpaired) electrons. The normalized spacial score (nSPS) is 17.6. The van der Waals surface area contributed by atoms with E-state index >= 15 is 0 Å². The van der Waals surface area contributed by atoms with Gasteiger partial charge in [0.1, 0.15) is 6.61 Å². The fourth-order valence-corrected chi connectivity index (χ4v) is 2.67. The van der Waals surface area contributed by atoms with Crippen molar-refractivity contribution in [3.05, 3.63) is 35.9 Å². The molecule has 1 aliphatic rings. The average Bonchev–Trinajstić information content (AvgIpc) is 3.17. The molecule has 1 aromatic rings. The third-order valence-electron chi connectivity index (χ3n) is 3.91. The Labute approximate surface area is 121 Å². The van der Waals surface area contributed by atoms with E-state index in [1.165, 1.54) is 5.56 Å². The van der Waals surface area contributed by atoms with Crippen molar-refractivity contribution in [2.45, 2.75) is 51.5 Å². The summed E-state index contributed by atoms with van der Waals surface area (Å²) >= 11 is 0. The van der Waals surface area contributed by atoms with Gasteiger partial charge in [0, 0.05) is 11.5 Å². The van der Waals surface area contributed by atoms with E-state index in [1.54, 1.807) is 0 Å². The van der Waals surface area contributed by atoms with Crippen LogP contribution in [-0.2, 0) is 10.2 Å². The molecular formula is C17H25NO2. The fourth-order valence-electron chi connectivity index (χ4n) is 2.67. The van der Waals surface area contributed by atoms with Crippen molar-refractivity contribution in [3.63, 3.8) is 0 Å². The number of nitrogens with one attached hydrogen (secondary N) is 1. The molecule has 20 heavy (non-hydrogen) atoms. The minimum atomic E-state index is -0.291. The van der Waals surface area contributed by atoms with Crippen LogP contribution in [0.2, 0.25) is 0 Å². The molecule has 2 rings (SSSR count). The lowest BCUT2D eigenvalue weighted by Gasteiger charge is -2.19. The van der Waals surface area contributed by atoms with Crippen LogP contribution in [0, 0.1) is 5.92 Å². The Balaban J connectivity index is 1.79. The number of hydrogen-bond donors (Lipinski definition) is 1. The van der Waals surface area contributed by atoms with Gasteiger partial charge in [-0.2, -0.15) is 0 Å². The molecular weight excluding hydrogens is 250 g/mol. The maximum absolute atomic E-state index is 11.8. The van der Waals surface area contributed by atoms with Gasteiger partial charge in [-0.15, -0.1) is 0 Å². The van der Waals surface area contributed by atoms with Gasteiger partial charge in [-0.1, -0.05) is 44.2 Å². The maximum Gasteiger partial charge on any atom is 0.407 e. The highest BCUT2D eigenvalue weighted by atomic mass is 16.5. The molecule has 3 heteroatoms. The molecule has 1 atom stereocenters. The Morgan fingerprint density at radius 3 is 2.45 bits per heavy atom. The number of alkyl carbamates (subject to hydrolysis) is 1. The predicted molar refractivity (Wildman–Crippen MR) is 80.8 cm³/mol. The van der Waals surface area contributed by atoms with Gasteiger partial charge in [-0.3, -0.25) is 0 Å². The van der Waals surface area contributed by atoms with Crippen molar-refractivity contribution >= 4 is 6.09 Å². The maximum atomic E-state index is 11.8. The van der Waals surface area contributed by atoms with E-state index in [1.807, 2.05) is 25.1 Å². The first-order valence-corrected chi connectivity index (χ1v) is 7.51. The van der Waals surface area contributed by atoms with Gasteiger partial charge in [-0.25, -0.2) is 4.79 Å². The minimum absolute atomic E-state index is 0.0693. The molecule has 1 saturated carbocycles. The quantitative estimate of drug-likeness (QED) is 0.855. The summed E-state index contributed by atoms with van der Waals surface area (Å²) in [4.78, 5) is 11.8. The Morgan fingerprint density at radius 2 is 1.90 bits per heavy atom. The Bertz CT molecular complexity index is 438. The number of amides is 1. The van der Waals surface area contributed by atoms with Gasteiger partial charge >= 0.3 is 6.09 Å². The van der Waals surface area contributed by atoms with Crippen molar-refractivity contribution in [1.29, 1.82) is 0 Å². The number of hydrogen-bond acceptors (Lipinski definition) is 2. The third kappa shape index (κ3) is 3.99. The SMILES string of the molecule is CC(C)CC(C)NC(=O)OCC1(c2ccccc2)CC1. The summed E-state index contributed by atoms with van der Waals surface area (Å²) in [5.41, 5.74) is 1.35. The first kappa shape index (κ1) is 14.9. The van der Waals surface area contributed by atoms with Gasteiger partial charge in [0.25, 0.3) is 0 Å². The standard InChI is InChI=1S/C17H25NO2/c1-13(2)11-14(3)18-16(19)20-12-17(9-10-17)15-7-5-4-6-8-15/h4-8,13-14H,9-12H2,1-3H3,(H,18,19). The van der Waals surface area contributed by atoms with Crippen molar-refractivity contribution < 1.29 is 9.53 Å². The number of rotatable bonds is 6. The lowest BCUT2D eigenvalue weighted by molar-refractivity contribution is 0.131. The largest absolute Gasteiger partial charge is 0.449 e. The topological polar surface area (TPSA) is 38.3 Å². The molecule has 0 aromatic heterocycles. The van der Waals surface area contributed by atoms with Crippen molar-refractivity contribution in [2.75, 3.05) is 6.61 Å². The van der Waals surface area contributed by atoms with E-state index < -0.39 is 0 Å². The number of carbonyl (C=O) groups excluding carboxylic acids is 1. The number of benzene rings is 1. The lowest BCUT2D eigenvalue weighted by atomic mass is 9.97. The fraction of sp³-hybridized carbons (Fsp3) is 0.588. The molecule has 0 bridgehead atoms. The van der Waals surface area contributed by atoms with Crippen LogP contribution in [-0.4, -0.2) is 18.7 Å². The van der Waals surface area contributed by atoms with E-state index in [9.17, 15) is 4.79 Å². The lowest BCUT2D eigenvalue weighted by Crippen LogP contribution is -2.35. The molecule has 1 N–H and O–H groups in total. The van der Waals surface area contributed by atoms with E-state index in [2.05, 4.69) is 31.3 Å². The summed E-state index contributed by atoms with van der Waals surface area (Å²) in [7, 11) is 0. The summed E-state index contributed by atoms with van der Waals surface area (Å²) in [5.74, 6) is 0.574. The summed E-state index contributed by atoms with van der Waals surface area (Å²) in [6.07, 6.45) is 2.89. The van der Waals surface area contributed by atoms with Crippen LogP contribution in [0.15, 0.2) is 30.3 Å². The molecule has 0 aliphatic heterocycles. The second kappa shape index (κ2) is 6.29. The van der Waals surface area contributed by atoms with Gasteiger partial charge in [0.05, 0.1) is 0 Å². The van der Waals surface area contributed by atoms with E-state index in [0.717, 1.165) is 19.3 Å². The Morgan fingerprint density at radius 1 is 1.25 bits per heavy atom. The summed E-state index contributed by atoms with van der Waals surface area (Å²) < 4.78 is 5.43. The van der Waals surface area contributed by atoms with Gasteiger partial charge in [-0.05, 0) is 37.7 Å². The predicted octanol–water partition coefficient (Wildman–Crippen LogP) is 3.88. The molecule has 0 spiro atoms. The number of ether oxygens (including phenoxy) is 1. The summed E-state index contributed by atoms with van der Waals surface area (Å²) in [6.45, 7) is 6.80. The molecule has 0 saturated heterocycles. The summed E-state index contributed by atoms with van der Waals surface area (Å²) in [5, 5.41) is 2.90. The van der Waals surface area contributed by atoms with E-state index in [0.29, 0.717) is 12.5 Å². The van der Waals surface area contributed by atoms with Gasteiger partial charge < -0.3 is 10.1 Å². The van der Waals surface area contributed by atoms with Crippen LogP contribution in [0.4, 0.5) is 4.79 Å². The van der Waals surface area contributed by atoms with Crippen LogP contribution in [0.25, 0.3) is 0 Å². The van der Waals surface area contributed by atoms with Crippen molar-refractivity contribution in [3.8, 4) is 0 Å². The molecule has 1 aliphatic carbocycles. The molecule has 1 unspecified atom stereocenters. The highest BCUT2D eigenvalue weighted by Gasteiger charge is 2.45. The molecule has 1 fully saturated rings. The van der Waals surface area contributed by atoms with Crippen LogP contribution < -0.4 is 5.32 Å². The van der Waals surface area contributed by atoms with Crippen molar-refractivity contribution in [2.24, 2.45) is 5.92 Å². The zero-order chi connectivity index (χ0) is 14.6. The number of carbonyl (C=O) groups is 1. The zero-order valence-corrected chi connectivity index (χ0v) is 12.7. The van der Waals surface area contributed by atoms with Crippen LogP contribution in [0.1, 0.15) is 45.6 Å². The monoisotopic (exact) mass is 275 g/mol. The van der Waals surface area contributed by atoms with Crippen LogP contribution in [0.3, 0.4) is 0 Å². The summed E-state index contributed by atoms with van der Waals surface area (Å²) in [6, 6.07) is 10.5. The highest BCUT2D eigenvalue weighted by Crippen LogP contribution is 2.48. The third-order valence-corrected chi connectivity index (χ3v) is 3.91. The Kier molecular flexibility index (Phi) is 4.69. The van der Waals surface area contributed by atoms with Gasteiger partial charge in [0.2, 0.25) is 0 Å². The molecule has 110 valence electrons.